The van der Waals surface area contributed by atoms with Crippen LogP contribution in [0.25, 0.3) is 0 Å². The SMILES string of the molecule is Cc1c(O)c(I)c(O)c(I)c1O. The number of phenols is 3. The quantitative estimate of drug-likeness (QED) is 0.595. The van der Waals surface area contributed by atoms with Gasteiger partial charge in [0.25, 0.3) is 0 Å². The van der Waals surface area contributed by atoms with Crippen LogP contribution in [-0.4, -0.2) is 15.3 Å². The second kappa shape index (κ2) is 3.44. The number of hydrogen-bond acceptors (Lipinski definition) is 3. The molecule has 0 bridgehead atoms. The molecule has 1 rings (SSSR count). The normalized spacial score (nSPS) is 10.2. The molecule has 0 saturated heterocycles. The third kappa shape index (κ3) is 1.43. The maximum Gasteiger partial charge on any atom is 0.149 e. The Morgan fingerprint density at radius 1 is 0.833 bits per heavy atom. The fourth-order valence-electron chi connectivity index (χ4n) is 0.762. The number of benzene rings is 1. The van der Waals surface area contributed by atoms with Crippen molar-refractivity contribution in [2.75, 3.05) is 0 Å². The van der Waals surface area contributed by atoms with Crippen molar-refractivity contribution in [3.63, 3.8) is 0 Å². The van der Waals surface area contributed by atoms with E-state index >= 15 is 0 Å². The Hall–Kier alpha value is 0.0800. The van der Waals surface area contributed by atoms with Crippen LogP contribution in [0.5, 0.6) is 17.2 Å². The molecule has 1 aromatic carbocycles. The predicted molar refractivity (Wildman–Crippen MR) is 61.6 cm³/mol. The van der Waals surface area contributed by atoms with E-state index in [-0.39, 0.29) is 17.2 Å². The van der Waals surface area contributed by atoms with Crippen molar-refractivity contribution in [3.8, 4) is 17.2 Å². The first kappa shape index (κ1) is 10.2. The van der Waals surface area contributed by atoms with Crippen LogP contribution in [0, 0.1) is 14.1 Å². The second-order valence-electron chi connectivity index (χ2n) is 2.30. The minimum absolute atomic E-state index is 0.0639. The van der Waals surface area contributed by atoms with Crippen LogP contribution in [-0.2, 0) is 0 Å². The van der Waals surface area contributed by atoms with E-state index in [1.165, 1.54) is 0 Å². The minimum Gasteiger partial charge on any atom is -0.506 e. The van der Waals surface area contributed by atoms with Gasteiger partial charge in [0, 0.05) is 5.56 Å². The number of phenolic OH excluding ortho intramolecular Hbond substituents is 3. The van der Waals surface area contributed by atoms with Gasteiger partial charge in [0.2, 0.25) is 0 Å². The zero-order valence-electron chi connectivity index (χ0n) is 6.10. The fraction of sp³-hybridized carbons (Fsp3) is 0.143. The van der Waals surface area contributed by atoms with Gasteiger partial charge in [0.15, 0.2) is 0 Å². The third-order valence-corrected chi connectivity index (χ3v) is 3.59. The first-order chi connectivity index (χ1) is 5.46. The molecule has 1 aromatic rings. The Balaban J connectivity index is 3.60. The Kier molecular flexibility index (Phi) is 2.92. The molecular formula is C7H6I2O3. The fourth-order valence-corrected chi connectivity index (χ4v) is 2.63. The van der Waals surface area contributed by atoms with E-state index in [0.29, 0.717) is 12.7 Å². The van der Waals surface area contributed by atoms with Gasteiger partial charge >= 0.3 is 0 Å². The summed E-state index contributed by atoms with van der Waals surface area (Å²) in [7, 11) is 0. The summed E-state index contributed by atoms with van der Waals surface area (Å²) in [5, 5.41) is 28.1. The molecule has 5 heteroatoms. The predicted octanol–water partition coefficient (Wildman–Crippen LogP) is 2.32. The van der Waals surface area contributed by atoms with E-state index in [4.69, 9.17) is 0 Å². The average molecular weight is 392 g/mol. The van der Waals surface area contributed by atoms with Crippen molar-refractivity contribution in [2.24, 2.45) is 0 Å². The van der Waals surface area contributed by atoms with Crippen molar-refractivity contribution in [1.29, 1.82) is 0 Å². The lowest BCUT2D eigenvalue weighted by atomic mass is 10.2. The molecule has 0 amide bonds. The van der Waals surface area contributed by atoms with Crippen molar-refractivity contribution in [2.45, 2.75) is 6.92 Å². The number of hydrogen-bond donors (Lipinski definition) is 3. The number of aromatic hydroxyl groups is 3. The van der Waals surface area contributed by atoms with Crippen molar-refractivity contribution < 1.29 is 15.3 Å². The van der Waals surface area contributed by atoms with Gasteiger partial charge in [-0.2, -0.15) is 0 Å². The molecule has 0 aliphatic carbocycles. The summed E-state index contributed by atoms with van der Waals surface area (Å²) >= 11 is 3.64. The summed E-state index contributed by atoms with van der Waals surface area (Å²) in [6.45, 7) is 1.59. The van der Waals surface area contributed by atoms with E-state index in [2.05, 4.69) is 0 Å². The molecule has 3 N–H and O–H groups in total. The summed E-state index contributed by atoms with van der Waals surface area (Å²) in [6.07, 6.45) is 0. The highest BCUT2D eigenvalue weighted by Crippen LogP contribution is 2.42. The molecule has 0 heterocycles. The average Bonchev–Trinajstić information content (AvgIpc) is 2.08. The molecule has 0 aromatic heterocycles. The van der Waals surface area contributed by atoms with Gasteiger partial charge in [-0.05, 0) is 52.1 Å². The lowest BCUT2D eigenvalue weighted by Crippen LogP contribution is -1.87. The smallest absolute Gasteiger partial charge is 0.149 e. The van der Waals surface area contributed by atoms with Crippen LogP contribution in [0.1, 0.15) is 5.56 Å². The maximum absolute atomic E-state index is 9.36. The summed E-state index contributed by atoms with van der Waals surface area (Å²) in [5.41, 5.74) is 0.390. The van der Waals surface area contributed by atoms with E-state index in [1.54, 1.807) is 6.92 Å². The lowest BCUT2D eigenvalue weighted by Gasteiger charge is -2.08. The number of halogens is 2. The highest BCUT2D eigenvalue weighted by atomic mass is 127. The monoisotopic (exact) mass is 392 g/mol. The van der Waals surface area contributed by atoms with Crippen LogP contribution >= 0.6 is 45.2 Å². The second-order valence-corrected chi connectivity index (χ2v) is 4.46. The van der Waals surface area contributed by atoms with E-state index < -0.39 is 0 Å². The molecule has 0 saturated carbocycles. The molecule has 0 radical (unpaired) electrons. The first-order valence-corrected chi connectivity index (χ1v) is 5.21. The first-order valence-electron chi connectivity index (χ1n) is 3.05. The van der Waals surface area contributed by atoms with Gasteiger partial charge < -0.3 is 15.3 Å². The van der Waals surface area contributed by atoms with Gasteiger partial charge in [0.1, 0.15) is 17.2 Å². The molecule has 0 unspecified atom stereocenters. The standard InChI is InChI=1S/C7H6I2O3/c1-2-5(10)3(8)7(12)4(9)6(2)11/h10-12H,1H3. The van der Waals surface area contributed by atoms with Gasteiger partial charge in [-0.15, -0.1) is 0 Å². The van der Waals surface area contributed by atoms with Crippen molar-refractivity contribution >= 4 is 45.2 Å². The molecule has 0 aliphatic rings. The molecular weight excluding hydrogens is 386 g/mol. The van der Waals surface area contributed by atoms with Gasteiger partial charge in [0.05, 0.1) is 7.14 Å². The summed E-state index contributed by atoms with van der Waals surface area (Å²) in [5.74, 6) is -0.200. The Bertz CT molecular complexity index is 231. The molecule has 0 aliphatic heterocycles. The van der Waals surface area contributed by atoms with Gasteiger partial charge in [-0.3, -0.25) is 0 Å². The van der Waals surface area contributed by atoms with Crippen LogP contribution in [0.2, 0.25) is 0 Å². The van der Waals surface area contributed by atoms with Crippen LogP contribution in [0.3, 0.4) is 0 Å². The largest absolute Gasteiger partial charge is 0.506 e. The summed E-state index contributed by atoms with van der Waals surface area (Å²) in [6, 6.07) is 0. The zero-order chi connectivity index (χ0) is 9.46. The zero-order valence-corrected chi connectivity index (χ0v) is 10.4. The van der Waals surface area contributed by atoms with E-state index in [1.807, 2.05) is 45.2 Å². The maximum atomic E-state index is 9.36. The molecule has 0 atom stereocenters. The summed E-state index contributed by atoms with van der Waals surface area (Å²) in [4.78, 5) is 0. The Morgan fingerprint density at radius 3 is 1.50 bits per heavy atom. The Labute approximate surface area is 96.7 Å². The molecule has 12 heavy (non-hydrogen) atoms. The van der Waals surface area contributed by atoms with Gasteiger partial charge in [-0.25, -0.2) is 0 Å². The Morgan fingerprint density at radius 2 is 1.17 bits per heavy atom. The molecule has 3 nitrogen and oxygen atoms in total. The van der Waals surface area contributed by atoms with Crippen molar-refractivity contribution in [1.82, 2.24) is 0 Å². The van der Waals surface area contributed by atoms with E-state index in [9.17, 15) is 15.3 Å². The highest BCUT2D eigenvalue weighted by molar-refractivity contribution is 14.1. The lowest BCUT2D eigenvalue weighted by molar-refractivity contribution is 0.413. The summed E-state index contributed by atoms with van der Waals surface area (Å²) < 4.78 is 0.736. The number of rotatable bonds is 0. The van der Waals surface area contributed by atoms with Crippen LogP contribution < -0.4 is 0 Å². The minimum atomic E-state index is -0.0724. The van der Waals surface area contributed by atoms with E-state index in [0.717, 1.165) is 0 Å². The molecule has 0 spiro atoms. The van der Waals surface area contributed by atoms with Gasteiger partial charge in [-0.1, -0.05) is 0 Å². The topological polar surface area (TPSA) is 60.7 Å². The van der Waals surface area contributed by atoms with Crippen LogP contribution in [0.15, 0.2) is 0 Å². The third-order valence-electron chi connectivity index (χ3n) is 1.54. The molecule has 66 valence electrons. The van der Waals surface area contributed by atoms with Crippen LogP contribution in [0.4, 0.5) is 0 Å². The van der Waals surface area contributed by atoms with Crippen molar-refractivity contribution in [3.05, 3.63) is 12.7 Å². The molecule has 0 fully saturated rings. The highest BCUT2D eigenvalue weighted by Gasteiger charge is 2.17.